The number of hydrogen-bond acceptors (Lipinski definition) is 4. The molecule has 0 aliphatic carbocycles. The van der Waals surface area contributed by atoms with Crippen LogP contribution in [0, 0.1) is 0 Å². The summed E-state index contributed by atoms with van der Waals surface area (Å²) in [6.45, 7) is 0. The zero-order valence-electron chi connectivity index (χ0n) is 11.6. The van der Waals surface area contributed by atoms with Crippen molar-refractivity contribution in [3.8, 4) is 28.1 Å². The van der Waals surface area contributed by atoms with E-state index < -0.39 is 11.9 Å². The molecule has 7 heteroatoms. The average Bonchev–Trinajstić information content (AvgIpc) is 2.55. The zero-order valence-corrected chi connectivity index (χ0v) is 11.6. The largest absolute Gasteiger partial charge is 0.507 e. The lowest BCUT2D eigenvalue weighted by Gasteiger charge is -2.10. The van der Waals surface area contributed by atoms with Crippen molar-refractivity contribution in [1.82, 2.24) is 15.2 Å². The fourth-order valence-electron chi connectivity index (χ4n) is 2.13. The van der Waals surface area contributed by atoms with Gasteiger partial charge in [0.15, 0.2) is 0 Å². The van der Waals surface area contributed by atoms with Gasteiger partial charge in [0.2, 0.25) is 0 Å². The number of nitrogens with zero attached hydrogens (tertiary/aromatic N) is 3. The van der Waals surface area contributed by atoms with Gasteiger partial charge in [0.25, 0.3) is 0 Å². The first kappa shape index (κ1) is 15.0. The summed E-state index contributed by atoms with van der Waals surface area (Å²) in [6, 6.07) is 9.82. The summed E-state index contributed by atoms with van der Waals surface area (Å²) in [4.78, 5) is 3.64. The van der Waals surface area contributed by atoms with Gasteiger partial charge in [-0.05, 0) is 36.4 Å². The highest BCUT2D eigenvalue weighted by atomic mass is 19.4. The molecule has 2 heterocycles. The first-order chi connectivity index (χ1) is 10.9. The van der Waals surface area contributed by atoms with Gasteiger partial charge in [-0.2, -0.15) is 23.4 Å². The summed E-state index contributed by atoms with van der Waals surface area (Å²) in [5.41, 5.74) is 0.710. The van der Waals surface area contributed by atoms with Crippen LogP contribution in [0.4, 0.5) is 13.2 Å². The smallest absolute Gasteiger partial charge is 0.433 e. The Morgan fingerprint density at radius 2 is 1.74 bits per heavy atom. The van der Waals surface area contributed by atoms with E-state index in [1.807, 2.05) is 0 Å². The number of alkyl halides is 3. The Bertz CT molecular complexity index is 835. The second kappa shape index (κ2) is 5.68. The molecular formula is C16H10F3N3O. The minimum Gasteiger partial charge on any atom is -0.507 e. The third kappa shape index (κ3) is 3.13. The number of benzene rings is 1. The molecule has 3 aromatic rings. The van der Waals surface area contributed by atoms with Crippen molar-refractivity contribution >= 4 is 0 Å². The summed E-state index contributed by atoms with van der Waals surface area (Å²) in [5, 5.41) is 17.3. The van der Waals surface area contributed by atoms with Gasteiger partial charge < -0.3 is 5.11 Å². The van der Waals surface area contributed by atoms with E-state index in [-0.39, 0.29) is 11.4 Å². The SMILES string of the molecule is Oc1ccc(-c2cccc(C(F)(F)F)n2)cc1-c1ccnnc1. The molecular weight excluding hydrogens is 307 g/mol. The lowest BCUT2D eigenvalue weighted by Crippen LogP contribution is -2.07. The molecule has 0 aliphatic rings. The Morgan fingerprint density at radius 3 is 2.43 bits per heavy atom. The van der Waals surface area contributed by atoms with Crippen molar-refractivity contribution in [1.29, 1.82) is 0 Å². The number of hydrogen-bond donors (Lipinski definition) is 1. The fraction of sp³-hybridized carbons (Fsp3) is 0.0625. The monoisotopic (exact) mass is 317 g/mol. The normalized spacial score (nSPS) is 11.4. The molecule has 0 fully saturated rings. The number of aromatic nitrogens is 3. The maximum absolute atomic E-state index is 12.8. The quantitative estimate of drug-likeness (QED) is 0.778. The van der Waals surface area contributed by atoms with Crippen molar-refractivity contribution in [2.75, 3.05) is 0 Å². The van der Waals surface area contributed by atoms with Gasteiger partial charge in [0, 0.05) is 16.7 Å². The van der Waals surface area contributed by atoms with E-state index in [0.29, 0.717) is 16.7 Å². The van der Waals surface area contributed by atoms with Crippen LogP contribution in [-0.2, 0) is 6.18 Å². The summed E-state index contributed by atoms with van der Waals surface area (Å²) < 4.78 is 38.3. The predicted octanol–water partition coefficient (Wildman–Crippen LogP) is 3.93. The maximum atomic E-state index is 12.8. The molecule has 116 valence electrons. The zero-order chi connectivity index (χ0) is 16.4. The van der Waals surface area contributed by atoms with E-state index >= 15 is 0 Å². The molecule has 23 heavy (non-hydrogen) atoms. The van der Waals surface area contributed by atoms with Crippen LogP contribution in [0.3, 0.4) is 0 Å². The molecule has 0 saturated heterocycles. The highest BCUT2D eigenvalue weighted by Gasteiger charge is 2.32. The van der Waals surface area contributed by atoms with E-state index in [4.69, 9.17) is 0 Å². The average molecular weight is 317 g/mol. The van der Waals surface area contributed by atoms with Gasteiger partial charge in [-0.3, -0.25) is 0 Å². The second-order valence-electron chi connectivity index (χ2n) is 4.77. The van der Waals surface area contributed by atoms with E-state index in [2.05, 4.69) is 15.2 Å². The third-order valence-corrected chi connectivity index (χ3v) is 3.23. The van der Waals surface area contributed by atoms with Crippen molar-refractivity contribution in [3.63, 3.8) is 0 Å². The Kier molecular flexibility index (Phi) is 3.69. The highest BCUT2D eigenvalue weighted by molar-refractivity contribution is 5.75. The number of pyridine rings is 1. The molecule has 0 aliphatic heterocycles. The summed E-state index contributed by atoms with van der Waals surface area (Å²) in [6.07, 6.45) is -1.59. The minimum atomic E-state index is -4.51. The van der Waals surface area contributed by atoms with Crippen LogP contribution in [0.1, 0.15) is 5.69 Å². The summed E-state index contributed by atoms with van der Waals surface area (Å²) in [7, 11) is 0. The summed E-state index contributed by atoms with van der Waals surface area (Å²) >= 11 is 0. The van der Waals surface area contributed by atoms with E-state index in [1.54, 1.807) is 12.1 Å². The number of halogens is 3. The first-order valence-electron chi connectivity index (χ1n) is 6.60. The van der Waals surface area contributed by atoms with E-state index in [1.165, 1.54) is 36.7 Å². The molecule has 0 spiro atoms. The minimum absolute atomic E-state index is 0.00581. The van der Waals surface area contributed by atoms with Crippen LogP contribution in [-0.4, -0.2) is 20.3 Å². The van der Waals surface area contributed by atoms with Crippen LogP contribution in [0.2, 0.25) is 0 Å². The molecule has 0 unspecified atom stereocenters. The number of aromatic hydroxyl groups is 1. The van der Waals surface area contributed by atoms with Crippen LogP contribution in [0.5, 0.6) is 5.75 Å². The predicted molar refractivity (Wildman–Crippen MR) is 77.4 cm³/mol. The van der Waals surface area contributed by atoms with Gasteiger partial charge in [0.05, 0.1) is 18.1 Å². The highest BCUT2D eigenvalue weighted by Crippen LogP contribution is 2.34. The second-order valence-corrected chi connectivity index (χ2v) is 4.77. The van der Waals surface area contributed by atoms with Crippen LogP contribution >= 0.6 is 0 Å². The van der Waals surface area contributed by atoms with Crippen molar-refractivity contribution in [2.24, 2.45) is 0 Å². The van der Waals surface area contributed by atoms with Gasteiger partial charge in [0.1, 0.15) is 11.4 Å². The third-order valence-electron chi connectivity index (χ3n) is 3.23. The lowest BCUT2D eigenvalue weighted by atomic mass is 10.0. The topological polar surface area (TPSA) is 58.9 Å². The van der Waals surface area contributed by atoms with Crippen LogP contribution in [0.15, 0.2) is 54.9 Å². The molecule has 2 aromatic heterocycles. The molecule has 0 bridgehead atoms. The Balaban J connectivity index is 2.09. The maximum Gasteiger partial charge on any atom is 0.433 e. The molecule has 1 N–H and O–H groups in total. The van der Waals surface area contributed by atoms with Crippen molar-refractivity contribution in [3.05, 3.63) is 60.6 Å². The molecule has 0 saturated carbocycles. The Morgan fingerprint density at radius 1 is 0.913 bits per heavy atom. The van der Waals surface area contributed by atoms with E-state index in [9.17, 15) is 18.3 Å². The van der Waals surface area contributed by atoms with Gasteiger partial charge >= 0.3 is 6.18 Å². The van der Waals surface area contributed by atoms with Crippen LogP contribution in [0.25, 0.3) is 22.4 Å². The number of phenols is 1. The first-order valence-corrected chi connectivity index (χ1v) is 6.60. The van der Waals surface area contributed by atoms with Gasteiger partial charge in [-0.15, -0.1) is 0 Å². The van der Waals surface area contributed by atoms with Crippen molar-refractivity contribution < 1.29 is 18.3 Å². The molecule has 0 amide bonds. The number of rotatable bonds is 2. The molecule has 0 radical (unpaired) electrons. The number of phenolic OH excluding ortho intramolecular Hbond substituents is 1. The fourth-order valence-corrected chi connectivity index (χ4v) is 2.13. The standard InChI is InChI=1S/C16H10F3N3O/c17-16(18,19)15-3-1-2-13(22-15)10-4-5-14(23)12(8-10)11-6-7-20-21-9-11/h1-9,23H. The Labute approximate surface area is 129 Å². The molecule has 4 nitrogen and oxygen atoms in total. The van der Waals surface area contributed by atoms with Crippen molar-refractivity contribution in [2.45, 2.75) is 6.18 Å². The van der Waals surface area contributed by atoms with Gasteiger partial charge in [-0.25, -0.2) is 4.98 Å². The lowest BCUT2D eigenvalue weighted by molar-refractivity contribution is -0.141. The molecule has 3 rings (SSSR count). The van der Waals surface area contributed by atoms with E-state index in [0.717, 1.165) is 6.07 Å². The molecule has 1 aromatic carbocycles. The summed E-state index contributed by atoms with van der Waals surface area (Å²) in [5.74, 6) is -0.00581. The Hall–Kier alpha value is -2.96. The van der Waals surface area contributed by atoms with Gasteiger partial charge in [-0.1, -0.05) is 6.07 Å². The molecule has 0 atom stereocenters. The van der Waals surface area contributed by atoms with Crippen LogP contribution < -0.4 is 0 Å².